The Kier molecular flexibility index (Phi) is 2.56. The third kappa shape index (κ3) is 1.79. The Balaban J connectivity index is 1.78. The first-order valence-electron chi connectivity index (χ1n) is 6.52. The minimum atomic E-state index is 0.626. The van der Waals surface area contributed by atoms with Crippen LogP contribution in [0.2, 0.25) is 0 Å². The molecule has 0 saturated carbocycles. The van der Waals surface area contributed by atoms with Crippen molar-refractivity contribution in [1.82, 2.24) is 30.3 Å². The van der Waals surface area contributed by atoms with E-state index in [9.17, 15) is 0 Å². The fourth-order valence-electron chi connectivity index (χ4n) is 2.55. The van der Waals surface area contributed by atoms with Crippen LogP contribution in [-0.2, 0) is 13.0 Å². The van der Waals surface area contributed by atoms with Gasteiger partial charge >= 0.3 is 0 Å². The number of nitrogens with one attached hydrogen (secondary N) is 2. The molecule has 7 heteroatoms. The van der Waals surface area contributed by atoms with E-state index in [0.29, 0.717) is 5.65 Å². The average molecular weight is 267 g/mol. The molecule has 1 aliphatic rings. The van der Waals surface area contributed by atoms with Crippen molar-refractivity contribution < 1.29 is 0 Å². The Hall–Kier alpha value is -2.54. The third-order valence-electron chi connectivity index (χ3n) is 3.51. The normalized spacial score (nSPS) is 14.2. The monoisotopic (exact) mass is 267 g/mol. The zero-order valence-electron chi connectivity index (χ0n) is 10.7. The number of hydrogen-bond donors (Lipinski definition) is 2. The van der Waals surface area contributed by atoms with Gasteiger partial charge in [-0.2, -0.15) is 4.52 Å². The molecule has 2 N–H and O–H groups in total. The van der Waals surface area contributed by atoms with Crippen molar-refractivity contribution in [2.45, 2.75) is 13.0 Å². The molecule has 0 bridgehead atoms. The first-order valence-corrected chi connectivity index (χ1v) is 6.52. The third-order valence-corrected chi connectivity index (χ3v) is 3.51. The summed E-state index contributed by atoms with van der Waals surface area (Å²) in [4.78, 5) is 4.16. The number of tetrazole rings is 1. The molecule has 1 aliphatic heterocycles. The molecule has 0 radical (unpaired) electrons. The highest BCUT2D eigenvalue weighted by Crippen LogP contribution is 2.25. The van der Waals surface area contributed by atoms with Crippen LogP contribution in [0.3, 0.4) is 0 Å². The molecule has 4 rings (SSSR count). The second-order valence-corrected chi connectivity index (χ2v) is 4.74. The molecule has 1 aromatic carbocycles. The lowest BCUT2D eigenvalue weighted by molar-refractivity contribution is 0.645. The molecule has 100 valence electrons. The molecule has 3 heterocycles. The van der Waals surface area contributed by atoms with Crippen LogP contribution in [0.25, 0.3) is 5.65 Å². The van der Waals surface area contributed by atoms with E-state index in [-0.39, 0.29) is 0 Å². The maximum absolute atomic E-state index is 4.16. The standard InChI is InChI=1S/C13H13N7/c1-2-9-6-14-5-4-10(9)11(3-1)16-12-7-15-8-13-17-18-19-20(12)13/h1-3,7-8,14,16H,4-6H2. The Labute approximate surface area is 115 Å². The molecule has 0 spiro atoms. The van der Waals surface area contributed by atoms with Gasteiger partial charge in [0.25, 0.3) is 0 Å². The topological polar surface area (TPSA) is 80.0 Å². The van der Waals surface area contributed by atoms with Gasteiger partial charge in [0.15, 0.2) is 11.5 Å². The van der Waals surface area contributed by atoms with Crippen LogP contribution in [0.1, 0.15) is 11.1 Å². The van der Waals surface area contributed by atoms with E-state index >= 15 is 0 Å². The lowest BCUT2D eigenvalue weighted by Crippen LogP contribution is -2.24. The summed E-state index contributed by atoms with van der Waals surface area (Å²) < 4.78 is 1.65. The van der Waals surface area contributed by atoms with Gasteiger partial charge in [-0.1, -0.05) is 12.1 Å². The zero-order chi connectivity index (χ0) is 13.4. The molecule has 2 aromatic heterocycles. The van der Waals surface area contributed by atoms with E-state index in [2.05, 4.69) is 49.3 Å². The molecule has 0 atom stereocenters. The zero-order valence-corrected chi connectivity index (χ0v) is 10.7. The molecule has 20 heavy (non-hydrogen) atoms. The first-order chi connectivity index (χ1) is 9.92. The summed E-state index contributed by atoms with van der Waals surface area (Å²) in [5, 5.41) is 18.3. The van der Waals surface area contributed by atoms with Crippen molar-refractivity contribution in [3.8, 4) is 0 Å². The van der Waals surface area contributed by atoms with Gasteiger partial charge in [0.1, 0.15) is 0 Å². The Morgan fingerprint density at radius 2 is 2.25 bits per heavy atom. The number of anilines is 2. The summed E-state index contributed by atoms with van der Waals surface area (Å²) >= 11 is 0. The highest BCUT2D eigenvalue weighted by atomic mass is 15.5. The lowest BCUT2D eigenvalue weighted by Gasteiger charge is -2.20. The smallest absolute Gasteiger partial charge is 0.199 e. The van der Waals surface area contributed by atoms with Crippen molar-refractivity contribution in [2.75, 3.05) is 11.9 Å². The van der Waals surface area contributed by atoms with Crippen molar-refractivity contribution in [3.63, 3.8) is 0 Å². The molecule has 0 amide bonds. The summed E-state index contributed by atoms with van der Waals surface area (Å²) in [6.07, 6.45) is 4.37. The quantitative estimate of drug-likeness (QED) is 0.718. The molecule has 0 aliphatic carbocycles. The average Bonchev–Trinajstić information content (AvgIpc) is 2.97. The van der Waals surface area contributed by atoms with Gasteiger partial charge < -0.3 is 10.6 Å². The van der Waals surface area contributed by atoms with Gasteiger partial charge in [0, 0.05) is 12.2 Å². The maximum Gasteiger partial charge on any atom is 0.199 e. The second-order valence-electron chi connectivity index (χ2n) is 4.74. The lowest BCUT2D eigenvalue weighted by atomic mass is 9.99. The van der Waals surface area contributed by atoms with Gasteiger partial charge in [-0.15, -0.1) is 5.10 Å². The van der Waals surface area contributed by atoms with Crippen LogP contribution < -0.4 is 10.6 Å². The highest BCUT2D eigenvalue weighted by molar-refractivity contribution is 5.64. The summed E-state index contributed by atoms with van der Waals surface area (Å²) in [6, 6.07) is 6.29. The largest absolute Gasteiger partial charge is 0.339 e. The summed E-state index contributed by atoms with van der Waals surface area (Å²) in [5.41, 5.74) is 4.39. The minimum absolute atomic E-state index is 0.626. The predicted molar refractivity (Wildman–Crippen MR) is 73.7 cm³/mol. The summed E-state index contributed by atoms with van der Waals surface area (Å²) in [7, 11) is 0. The summed E-state index contributed by atoms with van der Waals surface area (Å²) in [5.74, 6) is 0.763. The Morgan fingerprint density at radius 1 is 1.25 bits per heavy atom. The molecule has 3 aromatic rings. The van der Waals surface area contributed by atoms with Crippen LogP contribution in [0.5, 0.6) is 0 Å². The van der Waals surface area contributed by atoms with Crippen molar-refractivity contribution in [3.05, 3.63) is 41.7 Å². The molecular weight excluding hydrogens is 254 g/mol. The van der Waals surface area contributed by atoms with Crippen LogP contribution in [0.4, 0.5) is 11.5 Å². The van der Waals surface area contributed by atoms with E-state index < -0.39 is 0 Å². The number of hydrogen-bond acceptors (Lipinski definition) is 6. The van der Waals surface area contributed by atoms with E-state index in [0.717, 1.165) is 31.0 Å². The van der Waals surface area contributed by atoms with Gasteiger partial charge in [-0.3, -0.25) is 4.98 Å². The van der Waals surface area contributed by atoms with Gasteiger partial charge in [-0.05, 0) is 40.6 Å². The van der Waals surface area contributed by atoms with Gasteiger partial charge in [0.2, 0.25) is 0 Å². The van der Waals surface area contributed by atoms with Gasteiger partial charge in [-0.25, -0.2) is 0 Å². The van der Waals surface area contributed by atoms with E-state index in [1.165, 1.54) is 11.1 Å². The fraction of sp³-hybridized carbons (Fsp3) is 0.231. The number of aromatic nitrogens is 5. The van der Waals surface area contributed by atoms with Crippen LogP contribution in [0, 0.1) is 0 Å². The van der Waals surface area contributed by atoms with Crippen LogP contribution >= 0.6 is 0 Å². The second kappa shape index (κ2) is 4.53. The van der Waals surface area contributed by atoms with Crippen molar-refractivity contribution in [2.24, 2.45) is 0 Å². The number of rotatable bonds is 2. The summed E-state index contributed by atoms with van der Waals surface area (Å²) in [6.45, 7) is 1.91. The van der Waals surface area contributed by atoms with E-state index in [1.54, 1.807) is 16.9 Å². The Morgan fingerprint density at radius 3 is 3.25 bits per heavy atom. The number of benzene rings is 1. The molecule has 0 unspecified atom stereocenters. The Bertz CT molecular complexity index is 764. The number of nitrogens with zero attached hydrogens (tertiary/aromatic N) is 5. The van der Waals surface area contributed by atoms with Crippen LogP contribution in [-0.4, -0.2) is 31.6 Å². The predicted octanol–water partition coefficient (Wildman–Crippen LogP) is 0.909. The molecular formula is C13H13N7. The number of fused-ring (bicyclic) bond motifs is 2. The van der Waals surface area contributed by atoms with E-state index in [1.807, 2.05) is 0 Å². The van der Waals surface area contributed by atoms with Crippen molar-refractivity contribution in [1.29, 1.82) is 0 Å². The molecule has 7 nitrogen and oxygen atoms in total. The maximum atomic E-state index is 4.16. The SMILES string of the molecule is c1cc2c(c(Nc3cncc4nnnn34)c1)CCNC2. The molecule has 0 saturated heterocycles. The highest BCUT2D eigenvalue weighted by Gasteiger charge is 2.13. The van der Waals surface area contributed by atoms with Crippen LogP contribution in [0.15, 0.2) is 30.6 Å². The minimum Gasteiger partial charge on any atom is -0.339 e. The van der Waals surface area contributed by atoms with Gasteiger partial charge in [0.05, 0.1) is 12.4 Å². The first kappa shape index (κ1) is 11.3. The fourth-order valence-corrected chi connectivity index (χ4v) is 2.55. The van der Waals surface area contributed by atoms with E-state index in [4.69, 9.17) is 0 Å². The van der Waals surface area contributed by atoms with Crippen molar-refractivity contribution >= 4 is 17.2 Å². The molecule has 0 fully saturated rings.